The van der Waals surface area contributed by atoms with Gasteiger partial charge in [-0.25, -0.2) is 0 Å². The van der Waals surface area contributed by atoms with Crippen LogP contribution in [-0.2, 0) is 29.0 Å². The molecule has 0 saturated carbocycles. The number of rotatable bonds is 8. The van der Waals surface area contributed by atoms with E-state index in [2.05, 4.69) is 23.6 Å². The summed E-state index contributed by atoms with van der Waals surface area (Å²) in [7, 11) is 0. The molecule has 0 aliphatic carbocycles. The summed E-state index contributed by atoms with van der Waals surface area (Å²) in [6, 6.07) is 19.3. The summed E-state index contributed by atoms with van der Waals surface area (Å²) in [5.41, 5.74) is 10.1. The molecule has 7 heteroatoms. The van der Waals surface area contributed by atoms with Gasteiger partial charge in [0.1, 0.15) is 6.04 Å². The average Bonchev–Trinajstić information content (AvgIpc) is 3.63. The van der Waals surface area contributed by atoms with Crippen LogP contribution in [0.1, 0.15) is 49.4 Å². The molecule has 2 saturated heterocycles. The lowest BCUT2D eigenvalue weighted by atomic mass is 10.0. The van der Waals surface area contributed by atoms with Crippen molar-refractivity contribution < 1.29 is 9.59 Å². The van der Waals surface area contributed by atoms with E-state index in [1.54, 1.807) is 4.90 Å². The van der Waals surface area contributed by atoms with Crippen LogP contribution in [-0.4, -0.2) is 57.4 Å². The Kier molecular flexibility index (Phi) is 7.29. The Labute approximate surface area is 218 Å². The minimum Gasteiger partial charge on any atom is -0.345 e. The molecule has 0 spiro atoms. The second-order valence-electron chi connectivity index (χ2n) is 10.3. The summed E-state index contributed by atoms with van der Waals surface area (Å²) in [5.74, 6) is -0.0715. The summed E-state index contributed by atoms with van der Waals surface area (Å²) in [6.07, 6.45) is 4.78. The molecule has 2 aliphatic heterocycles. The van der Waals surface area contributed by atoms with Crippen molar-refractivity contribution in [1.82, 2.24) is 14.4 Å². The Morgan fingerprint density at radius 1 is 1.14 bits per heavy atom. The van der Waals surface area contributed by atoms with E-state index in [4.69, 9.17) is 5.73 Å². The van der Waals surface area contributed by atoms with Crippen LogP contribution in [0.5, 0.6) is 0 Å². The molecule has 37 heavy (non-hydrogen) atoms. The zero-order chi connectivity index (χ0) is 25.9. The number of carbonyl (C=O) groups excluding carboxylic acids is 2. The first-order chi connectivity index (χ1) is 18.0. The van der Waals surface area contributed by atoms with Crippen molar-refractivity contribution >= 4 is 22.7 Å². The highest BCUT2D eigenvalue weighted by Crippen LogP contribution is 2.28. The number of hydrogen-bond donors (Lipinski definition) is 1. The fourth-order valence-electron chi connectivity index (χ4n) is 6.10. The number of hydrogen-bond acceptors (Lipinski definition) is 4. The van der Waals surface area contributed by atoms with Crippen molar-refractivity contribution in [1.29, 1.82) is 5.26 Å². The molecule has 192 valence electrons. The van der Waals surface area contributed by atoms with Gasteiger partial charge in [-0.15, -0.1) is 0 Å². The topological polar surface area (TPSA) is 95.4 Å². The van der Waals surface area contributed by atoms with Crippen molar-refractivity contribution in [2.75, 3.05) is 13.1 Å². The molecule has 0 bridgehead atoms. The Morgan fingerprint density at radius 3 is 2.65 bits per heavy atom. The number of amides is 2. The standard InChI is InChI=1S/C30H35N5O2/c1-2-33-25(19-23-11-10-22(20-31)18-27(23)33)13-12-24-9-6-15-34(24)30(37)28(17-21-7-4-3-5-8-21)35-16-14-26(32)29(35)36/h3-5,7-8,10-11,18-19,24,26,28H,2,6,9,12-17,32H2,1H3/t24-,26-,28-/m0/s1. The zero-order valence-electron chi connectivity index (χ0n) is 21.5. The van der Waals surface area contributed by atoms with Gasteiger partial charge in [0.25, 0.3) is 0 Å². The Morgan fingerprint density at radius 2 is 1.95 bits per heavy atom. The molecule has 0 unspecified atom stereocenters. The van der Waals surface area contributed by atoms with Gasteiger partial charge in [-0.3, -0.25) is 9.59 Å². The molecule has 0 radical (unpaired) electrons. The molecule has 2 amide bonds. The van der Waals surface area contributed by atoms with Crippen LogP contribution in [0.2, 0.25) is 0 Å². The second-order valence-corrected chi connectivity index (χ2v) is 10.3. The minimum absolute atomic E-state index is 0.0449. The quantitative estimate of drug-likeness (QED) is 0.514. The van der Waals surface area contributed by atoms with Crippen molar-refractivity contribution in [3.05, 3.63) is 71.4 Å². The predicted octanol–water partition coefficient (Wildman–Crippen LogP) is 3.63. The first kappa shape index (κ1) is 25.0. The zero-order valence-corrected chi connectivity index (χ0v) is 21.5. The van der Waals surface area contributed by atoms with Crippen molar-refractivity contribution in [2.45, 2.75) is 70.1 Å². The van der Waals surface area contributed by atoms with Gasteiger partial charge < -0.3 is 20.1 Å². The maximum Gasteiger partial charge on any atom is 0.245 e. The lowest BCUT2D eigenvalue weighted by molar-refractivity contribution is -0.144. The SMILES string of the molecule is CCn1c(CC[C@@H]2CCCN2C(=O)[C@H](Cc2ccccc2)N2CC[C@H](N)C2=O)cc2ccc(C#N)cc21. The molecule has 2 aromatic carbocycles. The number of aryl methyl sites for hydroxylation is 2. The van der Waals surface area contributed by atoms with Gasteiger partial charge in [0.05, 0.1) is 17.7 Å². The molecule has 3 aromatic rings. The second kappa shape index (κ2) is 10.8. The third-order valence-corrected chi connectivity index (χ3v) is 8.04. The fraction of sp³-hybridized carbons (Fsp3) is 0.433. The van der Waals surface area contributed by atoms with Gasteiger partial charge in [-0.2, -0.15) is 5.26 Å². The molecule has 1 aromatic heterocycles. The third-order valence-electron chi connectivity index (χ3n) is 8.04. The molecular formula is C30H35N5O2. The first-order valence-electron chi connectivity index (χ1n) is 13.4. The van der Waals surface area contributed by atoms with E-state index >= 15 is 0 Å². The number of likely N-dealkylation sites (tertiary alicyclic amines) is 2. The summed E-state index contributed by atoms with van der Waals surface area (Å²) >= 11 is 0. The highest BCUT2D eigenvalue weighted by molar-refractivity contribution is 5.91. The van der Waals surface area contributed by atoms with Gasteiger partial charge in [0, 0.05) is 43.3 Å². The van der Waals surface area contributed by atoms with Crippen LogP contribution >= 0.6 is 0 Å². The van der Waals surface area contributed by atoms with E-state index in [-0.39, 0.29) is 17.9 Å². The highest BCUT2D eigenvalue weighted by atomic mass is 16.2. The smallest absolute Gasteiger partial charge is 0.245 e. The van der Waals surface area contributed by atoms with Crippen LogP contribution in [0.15, 0.2) is 54.6 Å². The van der Waals surface area contributed by atoms with Crippen molar-refractivity contribution in [3.8, 4) is 6.07 Å². The van der Waals surface area contributed by atoms with E-state index in [0.29, 0.717) is 24.9 Å². The highest BCUT2D eigenvalue weighted by Gasteiger charge is 2.41. The minimum atomic E-state index is -0.518. The third kappa shape index (κ3) is 4.99. The Bertz CT molecular complexity index is 1320. The molecule has 2 aliphatic rings. The van der Waals surface area contributed by atoms with Crippen LogP contribution < -0.4 is 5.73 Å². The van der Waals surface area contributed by atoms with Gasteiger partial charge in [-0.1, -0.05) is 36.4 Å². The van der Waals surface area contributed by atoms with Gasteiger partial charge in [0.2, 0.25) is 11.8 Å². The molecule has 7 nitrogen and oxygen atoms in total. The van der Waals surface area contributed by atoms with E-state index in [9.17, 15) is 14.9 Å². The number of nitrogens with two attached hydrogens (primary N) is 1. The maximum atomic E-state index is 14.0. The Balaban J connectivity index is 1.35. The van der Waals surface area contributed by atoms with Crippen LogP contribution in [0.3, 0.4) is 0 Å². The molecular weight excluding hydrogens is 462 g/mol. The average molecular weight is 498 g/mol. The van der Waals surface area contributed by atoms with E-state index in [0.717, 1.165) is 55.2 Å². The fourth-order valence-corrected chi connectivity index (χ4v) is 6.10. The van der Waals surface area contributed by atoms with Crippen molar-refractivity contribution in [3.63, 3.8) is 0 Å². The largest absolute Gasteiger partial charge is 0.345 e. The number of aromatic nitrogens is 1. The van der Waals surface area contributed by atoms with Crippen LogP contribution in [0, 0.1) is 11.3 Å². The lowest BCUT2D eigenvalue weighted by Gasteiger charge is -2.34. The van der Waals surface area contributed by atoms with E-state index in [1.807, 2.05) is 53.4 Å². The monoisotopic (exact) mass is 497 g/mol. The van der Waals surface area contributed by atoms with Crippen LogP contribution in [0.25, 0.3) is 10.9 Å². The normalized spacial score (nSPS) is 20.5. The molecule has 3 atom stereocenters. The van der Waals surface area contributed by atoms with Gasteiger partial charge in [0.15, 0.2) is 0 Å². The van der Waals surface area contributed by atoms with Gasteiger partial charge in [-0.05, 0) is 68.2 Å². The summed E-state index contributed by atoms with van der Waals surface area (Å²) in [6.45, 7) is 4.21. The summed E-state index contributed by atoms with van der Waals surface area (Å²) < 4.78 is 2.28. The number of fused-ring (bicyclic) bond motifs is 1. The molecule has 5 rings (SSSR count). The number of carbonyl (C=O) groups is 2. The number of benzene rings is 2. The lowest BCUT2D eigenvalue weighted by Crippen LogP contribution is -2.53. The van der Waals surface area contributed by atoms with Gasteiger partial charge >= 0.3 is 0 Å². The summed E-state index contributed by atoms with van der Waals surface area (Å²) in [5, 5.41) is 10.5. The predicted molar refractivity (Wildman–Crippen MR) is 144 cm³/mol. The first-order valence-corrected chi connectivity index (χ1v) is 13.4. The maximum absolute atomic E-state index is 14.0. The van der Waals surface area contributed by atoms with E-state index < -0.39 is 12.1 Å². The molecule has 2 N–H and O–H groups in total. The Hall–Kier alpha value is -3.63. The number of nitriles is 1. The molecule has 3 heterocycles. The van der Waals surface area contributed by atoms with Crippen LogP contribution in [0.4, 0.5) is 0 Å². The van der Waals surface area contributed by atoms with Crippen molar-refractivity contribution in [2.24, 2.45) is 5.73 Å². The molecule has 2 fully saturated rings. The number of nitrogens with zero attached hydrogens (tertiary/aromatic N) is 4. The van der Waals surface area contributed by atoms with E-state index in [1.165, 1.54) is 5.69 Å². The summed E-state index contributed by atoms with van der Waals surface area (Å²) in [4.78, 5) is 30.6.